The second-order valence-electron chi connectivity index (χ2n) is 13.5. The van der Waals surface area contributed by atoms with Gasteiger partial charge in [-0.1, -0.05) is 88.7 Å². The molecule has 50 heavy (non-hydrogen) atoms. The Bertz CT molecular complexity index is 1540. The van der Waals surface area contributed by atoms with Gasteiger partial charge in [0.1, 0.15) is 17.7 Å². The molecule has 0 aromatic heterocycles. The Labute approximate surface area is 303 Å². The number of hydrogen-bond donors (Lipinski definition) is 1. The number of carbonyl (C=O) groups is 4. The number of likely N-dealkylation sites (tertiary alicyclic amines) is 1. The molecule has 0 radical (unpaired) electrons. The first-order valence-electron chi connectivity index (χ1n) is 17.4. The molecular weight excluding hydrogens is 702 g/mol. The third kappa shape index (κ3) is 7.31. The number of benzene rings is 2. The molecular formula is C39H48BrN3O7. The Morgan fingerprint density at radius 2 is 1.78 bits per heavy atom. The molecule has 2 bridgehead atoms. The van der Waals surface area contributed by atoms with Crippen LogP contribution < -0.4 is 0 Å². The summed E-state index contributed by atoms with van der Waals surface area (Å²) < 4.78 is 13.1. The number of amides is 3. The Morgan fingerprint density at radius 1 is 1.10 bits per heavy atom. The Hall–Kier alpha value is -3.80. The summed E-state index contributed by atoms with van der Waals surface area (Å²) in [4.78, 5) is 61.2. The van der Waals surface area contributed by atoms with E-state index in [9.17, 15) is 24.3 Å². The van der Waals surface area contributed by atoms with Gasteiger partial charge in [0.05, 0.1) is 24.0 Å². The number of aliphatic hydroxyl groups is 1. The SMILES string of the molecule is C=CCCC(=O)N(C)[C@H](C)[C@H](OC(=O)[C@H]1[C@@H]2O[C@@]3(CC2Br)[C@@H]1C(=O)N(CCCCO)[C@@H]3C(=O)N(CC=C)Cc1ccccc1)c1ccccc1. The van der Waals surface area contributed by atoms with Crippen LogP contribution in [0, 0.1) is 11.8 Å². The van der Waals surface area contributed by atoms with E-state index in [1.54, 1.807) is 33.9 Å². The van der Waals surface area contributed by atoms with Crippen molar-refractivity contribution in [3.63, 3.8) is 0 Å². The Morgan fingerprint density at radius 3 is 2.42 bits per heavy atom. The van der Waals surface area contributed by atoms with Crippen LogP contribution in [0.4, 0.5) is 0 Å². The molecule has 5 rings (SSSR count). The Balaban J connectivity index is 1.48. The van der Waals surface area contributed by atoms with Gasteiger partial charge >= 0.3 is 5.97 Å². The lowest BCUT2D eigenvalue weighted by atomic mass is 9.70. The molecule has 10 nitrogen and oxygen atoms in total. The first-order valence-corrected chi connectivity index (χ1v) is 18.3. The van der Waals surface area contributed by atoms with Gasteiger partial charge < -0.3 is 29.3 Å². The highest BCUT2D eigenvalue weighted by Crippen LogP contribution is 2.60. The molecule has 3 amide bonds. The second-order valence-corrected chi connectivity index (χ2v) is 14.6. The van der Waals surface area contributed by atoms with E-state index in [0.29, 0.717) is 37.8 Å². The van der Waals surface area contributed by atoms with Gasteiger partial charge in [-0.2, -0.15) is 0 Å². The van der Waals surface area contributed by atoms with Crippen LogP contribution in [0.15, 0.2) is 86.0 Å². The van der Waals surface area contributed by atoms with E-state index in [0.717, 1.165) is 5.56 Å². The predicted octanol–water partition coefficient (Wildman–Crippen LogP) is 4.82. The van der Waals surface area contributed by atoms with E-state index in [4.69, 9.17) is 9.47 Å². The number of unbranched alkanes of at least 4 members (excludes halogenated alkanes) is 1. The summed E-state index contributed by atoms with van der Waals surface area (Å²) in [6.45, 7) is 10.2. The lowest BCUT2D eigenvalue weighted by Gasteiger charge is -2.37. The minimum absolute atomic E-state index is 0.0492. The van der Waals surface area contributed by atoms with Gasteiger partial charge in [-0.25, -0.2) is 0 Å². The predicted molar refractivity (Wildman–Crippen MR) is 193 cm³/mol. The summed E-state index contributed by atoms with van der Waals surface area (Å²) in [5, 5.41) is 9.55. The van der Waals surface area contributed by atoms with Gasteiger partial charge in [0.15, 0.2) is 0 Å². The van der Waals surface area contributed by atoms with Crippen molar-refractivity contribution in [1.82, 2.24) is 14.7 Å². The molecule has 1 unspecified atom stereocenters. The quantitative estimate of drug-likeness (QED) is 0.107. The standard InChI is InChI=1S/C39H48BrN3O7/c1-5-7-20-30(45)41(4)26(3)33(28-18-12-9-13-19-28)49-38(48)31-32-36(46)43(22-14-15-23-44)35(39(32)24-29(40)34(31)50-39)37(47)42(21-6-2)25-27-16-10-8-11-17-27/h5-6,8-13,16-19,26,29,31-35,44H,1-2,7,14-15,20-25H2,3-4H3/t26-,29?,31-,32+,33+,34-,35-,39+/m1/s1. The van der Waals surface area contributed by atoms with E-state index in [1.165, 1.54) is 0 Å². The minimum atomic E-state index is -1.27. The van der Waals surface area contributed by atoms with Crippen molar-refractivity contribution in [2.24, 2.45) is 11.8 Å². The number of likely N-dealkylation sites (N-methyl/N-ethyl adjacent to an activating group) is 1. The normalized spacial score (nSPS) is 26.2. The molecule has 3 heterocycles. The number of rotatable bonds is 17. The van der Waals surface area contributed by atoms with Crippen molar-refractivity contribution >= 4 is 39.6 Å². The number of esters is 1. The Kier molecular flexibility index (Phi) is 12.3. The molecule has 2 aromatic carbocycles. The van der Waals surface area contributed by atoms with Crippen molar-refractivity contribution in [3.8, 4) is 0 Å². The molecule has 0 saturated carbocycles. The van der Waals surface area contributed by atoms with Gasteiger partial charge in [0.25, 0.3) is 0 Å². The van der Waals surface area contributed by atoms with Gasteiger partial charge in [-0.15, -0.1) is 13.2 Å². The maximum absolute atomic E-state index is 14.7. The molecule has 3 fully saturated rings. The van der Waals surface area contributed by atoms with Crippen LogP contribution in [0.1, 0.15) is 56.3 Å². The smallest absolute Gasteiger partial charge is 0.313 e. The molecule has 0 aliphatic carbocycles. The van der Waals surface area contributed by atoms with Gasteiger partial charge in [0, 0.05) is 44.5 Å². The van der Waals surface area contributed by atoms with E-state index in [1.807, 2.05) is 67.6 Å². The number of alkyl halides is 1. The number of carbonyl (C=O) groups excluding carboxylic acids is 4. The lowest BCUT2D eigenvalue weighted by Crippen LogP contribution is -2.56. The van der Waals surface area contributed by atoms with E-state index in [-0.39, 0.29) is 48.7 Å². The van der Waals surface area contributed by atoms with Crippen molar-refractivity contribution in [3.05, 3.63) is 97.1 Å². The average molecular weight is 751 g/mol. The maximum atomic E-state index is 14.7. The average Bonchev–Trinajstić information content (AvgIpc) is 3.72. The summed E-state index contributed by atoms with van der Waals surface area (Å²) in [5.74, 6) is -3.26. The molecule has 1 spiro atoms. The highest BCUT2D eigenvalue weighted by molar-refractivity contribution is 9.09. The molecule has 268 valence electrons. The number of ether oxygens (including phenoxy) is 2. The third-order valence-corrected chi connectivity index (χ3v) is 11.2. The number of halogens is 1. The highest BCUT2D eigenvalue weighted by atomic mass is 79.9. The molecule has 3 aliphatic heterocycles. The molecule has 3 aliphatic rings. The van der Waals surface area contributed by atoms with Crippen LogP contribution in [0.25, 0.3) is 0 Å². The largest absolute Gasteiger partial charge is 0.455 e. The topological polar surface area (TPSA) is 117 Å². The van der Waals surface area contributed by atoms with E-state index >= 15 is 0 Å². The summed E-state index contributed by atoms with van der Waals surface area (Å²) in [6.07, 6.45) is 3.91. The minimum Gasteiger partial charge on any atom is -0.455 e. The summed E-state index contributed by atoms with van der Waals surface area (Å²) in [6, 6.07) is 17.4. The first kappa shape index (κ1) is 37.5. The molecule has 8 atom stereocenters. The van der Waals surface area contributed by atoms with Crippen molar-refractivity contribution < 1.29 is 33.8 Å². The molecule has 2 aromatic rings. The van der Waals surface area contributed by atoms with Gasteiger partial charge in [-0.3, -0.25) is 19.2 Å². The fraction of sp³-hybridized carbons (Fsp3) is 0.487. The van der Waals surface area contributed by atoms with Crippen LogP contribution in [0.5, 0.6) is 0 Å². The summed E-state index contributed by atoms with van der Waals surface area (Å²) in [7, 11) is 1.69. The molecule has 11 heteroatoms. The number of hydrogen-bond acceptors (Lipinski definition) is 7. The highest BCUT2D eigenvalue weighted by Gasteiger charge is 2.77. The van der Waals surface area contributed by atoms with Crippen LogP contribution in [-0.2, 0) is 35.2 Å². The fourth-order valence-corrected chi connectivity index (χ4v) is 8.74. The fourth-order valence-electron chi connectivity index (χ4n) is 7.80. The van der Waals surface area contributed by atoms with Crippen molar-refractivity contribution in [1.29, 1.82) is 0 Å². The van der Waals surface area contributed by atoms with E-state index in [2.05, 4.69) is 29.1 Å². The van der Waals surface area contributed by atoms with Gasteiger partial charge in [0.2, 0.25) is 17.7 Å². The van der Waals surface area contributed by atoms with Crippen molar-refractivity contribution in [2.75, 3.05) is 26.7 Å². The zero-order valence-corrected chi connectivity index (χ0v) is 30.5. The zero-order chi connectivity index (χ0) is 36.0. The number of nitrogens with zero attached hydrogens (tertiary/aromatic N) is 3. The van der Waals surface area contributed by atoms with Gasteiger partial charge in [-0.05, 0) is 43.7 Å². The number of allylic oxidation sites excluding steroid dienone is 1. The van der Waals surface area contributed by atoms with Crippen molar-refractivity contribution in [2.45, 2.75) is 80.3 Å². The number of aliphatic hydroxyl groups excluding tert-OH is 1. The molecule has 3 saturated heterocycles. The van der Waals surface area contributed by atoms with Crippen LogP contribution >= 0.6 is 15.9 Å². The summed E-state index contributed by atoms with van der Waals surface area (Å²) >= 11 is 3.75. The number of fused-ring (bicyclic) bond motifs is 1. The molecule has 1 N–H and O–H groups in total. The lowest BCUT2D eigenvalue weighted by molar-refractivity contribution is -0.164. The van der Waals surface area contributed by atoms with Crippen LogP contribution in [0.2, 0.25) is 0 Å². The summed E-state index contributed by atoms with van der Waals surface area (Å²) in [5.41, 5.74) is 0.374. The van der Waals surface area contributed by atoms with Crippen LogP contribution in [-0.4, -0.2) is 98.9 Å². The zero-order valence-electron chi connectivity index (χ0n) is 28.9. The second kappa shape index (κ2) is 16.5. The first-order chi connectivity index (χ1) is 24.1. The van der Waals surface area contributed by atoms with E-state index < -0.39 is 47.7 Å². The maximum Gasteiger partial charge on any atom is 0.313 e. The van der Waals surface area contributed by atoms with Crippen LogP contribution in [0.3, 0.4) is 0 Å². The third-order valence-electron chi connectivity index (χ3n) is 10.4. The monoisotopic (exact) mass is 749 g/mol.